The predicted molar refractivity (Wildman–Crippen MR) is 147 cm³/mol. The summed E-state index contributed by atoms with van der Waals surface area (Å²) < 4.78 is 5.99. The van der Waals surface area contributed by atoms with Gasteiger partial charge in [-0.2, -0.15) is 0 Å². The van der Waals surface area contributed by atoms with Crippen LogP contribution in [0.25, 0.3) is 6.08 Å². The molecule has 1 aliphatic rings. The molecular formula is C29H33N5O3. The molecule has 0 radical (unpaired) electrons. The van der Waals surface area contributed by atoms with E-state index in [4.69, 9.17) is 4.74 Å². The van der Waals surface area contributed by atoms with E-state index >= 15 is 0 Å². The molecule has 1 aromatic heterocycles. The van der Waals surface area contributed by atoms with Gasteiger partial charge < -0.3 is 20.3 Å². The number of nitrogens with one attached hydrogen (secondary N) is 2. The molecule has 0 aliphatic carbocycles. The Morgan fingerprint density at radius 2 is 1.70 bits per heavy atom. The van der Waals surface area contributed by atoms with Gasteiger partial charge in [0.05, 0.1) is 6.54 Å². The second-order valence-electron chi connectivity index (χ2n) is 9.00. The Bertz CT molecular complexity index is 1250. The van der Waals surface area contributed by atoms with Gasteiger partial charge in [-0.3, -0.25) is 14.5 Å². The zero-order valence-corrected chi connectivity index (χ0v) is 21.3. The van der Waals surface area contributed by atoms with Crippen LogP contribution in [-0.4, -0.2) is 65.9 Å². The summed E-state index contributed by atoms with van der Waals surface area (Å²) in [5, 5.41) is 5.72. The monoisotopic (exact) mass is 499 g/mol. The van der Waals surface area contributed by atoms with Crippen LogP contribution in [0.3, 0.4) is 0 Å². The van der Waals surface area contributed by atoms with Crippen LogP contribution in [-0.2, 0) is 9.59 Å². The summed E-state index contributed by atoms with van der Waals surface area (Å²) in [6.07, 6.45) is 4.82. The van der Waals surface area contributed by atoms with Crippen molar-refractivity contribution in [1.82, 2.24) is 14.8 Å². The molecule has 0 spiro atoms. The summed E-state index contributed by atoms with van der Waals surface area (Å²) >= 11 is 0. The normalized spacial score (nSPS) is 14.4. The topological polar surface area (TPSA) is 86.8 Å². The quantitative estimate of drug-likeness (QED) is 0.424. The van der Waals surface area contributed by atoms with Gasteiger partial charge in [0.2, 0.25) is 11.8 Å². The number of carbonyl (C=O) groups excluding carboxylic acids is 2. The number of anilines is 2. The first-order chi connectivity index (χ1) is 18.0. The fraction of sp³-hybridized carbons (Fsp3) is 0.276. The fourth-order valence-electron chi connectivity index (χ4n) is 4.09. The molecule has 2 heterocycles. The number of nitrogens with zero attached hydrogens (tertiary/aromatic N) is 3. The maximum Gasteiger partial charge on any atom is 0.248 e. The minimum atomic E-state index is -0.210. The molecule has 192 valence electrons. The third kappa shape index (κ3) is 8.27. The van der Waals surface area contributed by atoms with Crippen LogP contribution in [0.15, 0.2) is 72.9 Å². The van der Waals surface area contributed by atoms with E-state index in [9.17, 15) is 9.59 Å². The summed E-state index contributed by atoms with van der Waals surface area (Å²) in [5.74, 6) is 1.31. The molecule has 3 aromatic rings. The van der Waals surface area contributed by atoms with Crippen LogP contribution >= 0.6 is 0 Å². The third-order valence-electron chi connectivity index (χ3n) is 6.08. The Hall–Kier alpha value is -4.01. The van der Waals surface area contributed by atoms with Gasteiger partial charge in [0.1, 0.15) is 17.3 Å². The Morgan fingerprint density at radius 3 is 2.49 bits per heavy atom. The van der Waals surface area contributed by atoms with E-state index in [2.05, 4.69) is 32.3 Å². The van der Waals surface area contributed by atoms with Crippen molar-refractivity contribution in [3.05, 3.63) is 84.1 Å². The number of hydrogen-bond acceptors (Lipinski definition) is 6. The van der Waals surface area contributed by atoms with E-state index in [0.717, 1.165) is 49.5 Å². The summed E-state index contributed by atoms with van der Waals surface area (Å²) in [4.78, 5) is 33.6. The Balaban J connectivity index is 1.31. The van der Waals surface area contributed by atoms with Gasteiger partial charge in [0.25, 0.3) is 0 Å². The molecule has 1 saturated heterocycles. The number of likely N-dealkylation sites (N-methyl/N-ethyl adjacent to an activating group) is 1. The van der Waals surface area contributed by atoms with Gasteiger partial charge in [-0.1, -0.05) is 31.2 Å². The SMILES string of the molecule is CCN1CCN(CC(=O)Nc2cc(Oc3cccc(/C=C/C(=O)Nc4cccc(C)c4)c3)ccn2)CC1. The summed E-state index contributed by atoms with van der Waals surface area (Å²) in [5.41, 5.74) is 2.66. The van der Waals surface area contributed by atoms with Gasteiger partial charge in [0, 0.05) is 50.2 Å². The Labute approximate surface area is 218 Å². The minimum absolute atomic E-state index is 0.0920. The lowest BCUT2D eigenvalue weighted by molar-refractivity contribution is -0.117. The standard InChI is InChI=1S/C29H33N5O3/c1-3-33-14-16-34(17-15-33)21-29(36)32-27-20-26(12-13-30-27)37-25-9-5-7-23(19-25)10-11-28(35)31-24-8-4-6-22(2)18-24/h4-13,18-20H,3,14-17,21H2,1-2H3,(H,31,35)(H,30,32,36)/b11-10+. The lowest BCUT2D eigenvalue weighted by Crippen LogP contribution is -2.48. The molecule has 0 saturated carbocycles. The van der Waals surface area contributed by atoms with E-state index in [0.29, 0.717) is 23.9 Å². The van der Waals surface area contributed by atoms with Crippen LogP contribution in [0.4, 0.5) is 11.5 Å². The average Bonchev–Trinajstić information content (AvgIpc) is 2.88. The average molecular weight is 500 g/mol. The van der Waals surface area contributed by atoms with Gasteiger partial charge in [0.15, 0.2) is 0 Å². The van der Waals surface area contributed by atoms with E-state index in [-0.39, 0.29) is 11.8 Å². The summed E-state index contributed by atoms with van der Waals surface area (Å²) in [6.45, 7) is 9.25. The number of hydrogen-bond donors (Lipinski definition) is 2. The lowest BCUT2D eigenvalue weighted by atomic mass is 10.2. The number of amides is 2. The van der Waals surface area contributed by atoms with Crippen molar-refractivity contribution in [3.63, 3.8) is 0 Å². The van der Waals surface area contributed by atoms with E-state index in [1.54, 1.807) is 24.4 Å². The number of ether oxygens (including phenoxy) is 1. The molecule has 2 N–H and O–H groups in total. The molecule has 1 aliphatic heterocycles. The molecular weight excluding hydrogens is 466 g/mol. The Morgan fingerprint density at radius 1 is 0.946 bits per heavy atom. The molecule has 2 aromatic carbocycles. The third-order valence-corrected chi connectivity index (χ3v) is 6.08. The van der Waals surface area contributed by atoms with Crippen molar-refractivity contribution in [2.45, 2.75) is 13.8 Å². The van der Waals surface area contributed by atoms with Gasteiger partial charge >= 0.3 is 0 Å². The number of pyridine rings is 1. The molecule has 1 fully saturated rings. The molecule has 37 heavy (non-hydrogen) atoms. The largest absolute Gasteiger partial charge is 0.457 e. The van der Waals surface area contributed by atoms with Crippen molar-refractivity contribution in [3.8, 4) is 11.5 Å². The number of benzene rings is 2. The van der Waals surface area contributed by atoms with E-state index in [1.165, 1.54) is 6.08 Å². The highest BCUT2D eigenvalue weighted by Gasteiger charge is 2.18. The van der Waals surface area contributed by atoms with Crippen molar-refractivity contribution < 1.29 is 14.3 Å². The van der Waals surface area contributed by atoms with Gasteiger partial charge in [-0.25, -0.2) is 4.98 Å². The molecule has 8 nitrogen and oxygen atoms in total. The highest BCUT2D eigenvalue weighted by atomic mass is 16.5. The number of carbonyl (C=O) groups is 2. The highest BCUT2D eigenvalue weighted by Crippen LogP contribution is 2.24. The van der Waals surface area contributed by atoms with Gasteiger partial charge in [-0.05, 0) is 61.0 Å². The zero-order chi connectivity index (χ0) is 26.0. The molecule has 4 rings (SSSR count). The number of piperazine rings is 1. The molecule has 0 bridgehead atoms. The highest BCUT2D eigenvalue weighted by molar-refractivity contribution is 6.02. The van der Waals surface area contributed by atoms with Gasteiger partial charge in [-0.15, -0.1) is 0 Å². The first-order valence-electron chi connectivity index (χ1n) is 12.5. The molecule has 0 atom stereocenters. The number of aryl methyl sites for hydroxylation is 1. The minimum Gasteiger partial charge on any atom is -0.457 e. The van der Waals surface area contributed by atoms with Crippen molar-refractivity contribution in [2.24, 2.45) is 0 Å². The molecule has 2 amide bonds. The maximum absolute atomic E-state index is 12.5. The van der Waals surface area contributed by atoms with Crippen LogP contribution in [0.5, 0.6) is 11.5 Å². The van der Waals surface area contributed by atoms with Crippen molar-refractivity contribution in [2.75, 3.05) is 49.9 Å². The number of aromatic nitrogens is 1. The second-order valence-corrected chi connectivity index (χ2v) is 9.00. The smallest absolute Gasteiger partial charge is 0.248 e. The predicted octanol–water partition coefficient (Wildman–Crippen LogP) is 4.41. The van der Waals surface area contributed by atoms with E-state index < -0.39 is 0 Å². The zero-order valence-electron chi connectivity index (χ0n) is 21.3. The fourth-order valence-corrected chi connectivity index (χ4v) is 4.09. The van der Waals surface area contributed by atoms with Crippen molar-refractivity contribution in [1.29, 1.82) is 0 Å². The molecule has 0 unspecified atom stereocenters. The van der Waals surface area contributed by atoms with Crippen LogP contribution in [0.1, 0.15) is 18.1 Å². The van der Waals surface area contributed by atoms with Crippen LogP contribution < -0.4 is 15.4 Å². The molecule has 8 heteroatoms. The van der Waals surface area contributed by atoms with Crippen LogP contribution in [0.2, 0.25) is 0 Å². The van der Waals surface area contributed by atoms with E-state index in [1.807, 2.05) is 55.5 Å². The summed E-state index contributed by atoms with van der Waals surface area (Å²) in [7, 11) is 0. The summed E-state index contributed by atoms with van der Waals surface area (Å²) in [6, 6.07) is 18.5. The van der Waals surface area contributed by atoms with Crippen LogP contribution in [0, 0.1) is 6.92 Å². The van der Waals surface area contributed by atoms with Crippen molar-refractivity contribution >= 4 is 29.4 Å². The first-order valence-corrected chi connectivity index (χ1v) is 12.5. The Kier molecular flexibility index (Phi) is 9.02. The first kappa shape index (κ1) is 26.1. The number of rotatable bonds is 9. The maximum atomic E-state index is 12.5. The lowest BCUT2D eigenvalue weighted by Gasteiger charge is -2.33. The second kappa shape index (κ2) is 12.8.